The van der Waals surface area contributed by atoms with Crippen LogP contribution in [0, 0.1) is 18.3 Å². The number of terminal acetylenes is 1. The van der Waals surface area contributed by atoms with Crippen LogP contribution in [0.15, 0.2) is 36.4 Å². The Kier molecular flexibility index (Phi) is 25.6. The number of aromatic nitrogens is 1. The summed E-state index contributed by atoms with van der Waals surface area (Å²) in [4.78, 5) is 77.2. The molecule has 2 heterocycles. The summed E-state index contributed by atoms with van der Waals surface area (Å²) in [6, 6.07) is 0.506. The number of ketones is 1. The normalized spacial score (nSPS) is 15.3. The van der Waals surface area contributed by atoms with E-state index in [1.165, 1.54) is 79.7 Å². The number of hydrogen-bond acceptors (Lipinski definition) is 10. The number of allylic oxidation sites excluding steroid dienone is 1. The highest BCUT2D eigenvalue weighted by Gasteiger charge is 2.42. The van der Waals surface area contributed by atoms with E-state index in [9.17, 15) is 24.0 Å². The maximum atomic E-state index is 13.5. The zero-order valence-electron chi connectivity index (χ0n) is 32.1. The Hall–Kier alpha value is -5.17. The van der Waals surface area contributed by atoms with Crippen LogP contribution in [0.3, 0.4) is 0 Å². The van der Waals surface area contributed by atoms with Gasteiger partial charge in [0, 0.05) is 49.4 Å². The fourth-order valence-corrected chi connectivity index (χ4v) is 5.38. The van der Waals surface area contributed by atoms with Crippen LogP contribution in [-0.2, 0) is 19.2 Å². The fourth-order valence-electron chi connectivity index (χ4n) is 5.38. The third-order valence-electron chi connectivity index (χ3n) is 8.27. The van der Waals surface area contributed by atoms with Crippen molar-refractivity contribution in [3.05, 3.63) is 42.0 Å². The Morgan fingerprint density at radius 2 is 1.64 bits per heavy atom. The number of nitrogens with one attached hydrogen (secondary N) is 4. The lowest BCUT2D eigenvalue weighted by Crippen LogP contribution is -2.52. The second kappa shape index (κ2) is 28.4. The predicted molar refractivity (Wildman–Crippen MR) is 205 cm³/mol. The van der Waals surface area contributed by atoms with Gasteiger partial charge in [0.2, 0.25) is 18.2 Å². The largest absolute Gasteiger partial charge is 0.403 e. The molecular weight excluding hydrogens is 680 g/mol. The molecule has 1 saturated heterocycles. The third-order valence-corrected chi connectivity index (χ3v) is 8.27. The molecule has 2 rings (SSSR count). The van der Waals surface area contributed by atoms with Gasteiger partial charge in [-0.15, -0.1) is 6.42 Å². The van der Waals surface area contributed by atoms with Crippen molar-refractivity contribution in [3.63, 3.8) is 0 Å². The average Bonchev–Trinajstić information content (AvgIpc) is 3.59. The van der Waals surface area contributed by atoms with Crippen LogP contribution in [0.2, 0.25) is 0 Å². The van der Waals surface area contributed by atoms with Crippen molar-refractivity contribution in [2.24, 2.45) is 23.2 Å². The highest BCUT2D eigenvalue weighted by Crippen LogP contribution is 2.26. The van der Waals surface area contributed by atoms with Crippen LogP contribution in [0.4, 0.5) is 4.79 Å². The molecule has 0 aliphatic carbocycles. The van der Waals surface area contributed by atoms with Crippen molar-refractivity contribution in [1.29, 1.82) is 0 Å². The molecule has 0 aromatic carbocycles. The Morgan fingerprint density at radius 1 is 1.02 bits per heavy atom. The lowest BCUT2D eigenvalue weighted by atomic mass is 10.0. The third kappa shape index (κ3) is 19.3. The van der Waals surface area contributed by atoms with Crippen molar-refractivity contribution in [1.82, 2.24) is 36.2 Å². The number of urea groups is 1. The van der Waals surface area contributed by atoms with Gasteiger partial charge in [-0.3, -0.25) is 29.0 Å². The van der Waals surface area contributed by atoms with Gasteiger partial charge in [0.1, 0.15) is 6.04 Å². The number of hydrazine groups is 1. The Morgan fingerprint density at radius 3 is 2.17 bits per heavy atom. The molecule has 1 fully saturated rings. The van der Waals surface area contributed by atoms with Gasteiger partial charge in [-0.05, 0) is 44.2 Å². The summed E-state index contributed by atoms with van der Waals surface area (Å²) in [5.74, 6) is 7.02. The number of likely N-dealkylation sites (tertiary alicyclic amines) is 1. The minimum Gasteiger partial charge on any atom is -0.403 e. The fraction of sp³-hybridized carbons (Fsp3) is 0.595. The summed E-state index contributed by atoms with van der Waals surface area (Å²) in [6.45, 7) is 9.97. The molecule has 53 heavy (non-hydrogen) atoms. The summed E-state index contributed by atoms with van der Waals surface area (Å²) >= 11 is 0. The molecule has 1 aliphatic heterocycles. The van der Waals surface area contributed by atoms with Crippen molar-refractivity contribution in [2.75, 3.05) is 26.2 Å². The van der Waals surface area contributed by atoms with Crippen LogP contribution in [0.25, 0.3) is 0 Å². The molecule has 16 nitrogen and oxygen atoms in total. The van der Waals surface area contributed by atoms with E-state index >= 15 is 0 Å². The van der Waals surface area contributed by atoms with Crippen LogP contribution >= 0.6 is 0 Å². The number of amides is 6. The van der Waals surface area contributed by atoms with E-state index in [0.717, 1.165) is 0 Å². The summed E-state index contributed by atoms with van der Waals surface area (Å²) in [7, 11) is 0. The summed E-state index contributed by atoms with van der Waals surface area (Å²) < 4.78 is 0. The number of nitrogens with zero attached hydrogens (tertiary/aromatic N) is 3. The molecule has 3 unspecified atom stereocenters. The van der Waals surface area contributed by atoms with Crippen molar-refractivity contribution >= 4 is 35.9 Å². The maximum Gasteiger partial charge on any atom is 0.315 e. The first-order valence-corrected chi connectivity index (χ1v) is 18.2. The van der Waals surface area contributed by atoms with Gasteiger partial charge in [0.15, 0.2) is 5.78 Å². The van der Waals surface area contributed by atoms with E-state index in [1.807, 2.05) is 13.8 Å². The number of pyridine rings is 1. The zero-order valence-corrected chi connectivity index (χ0v) is 32.1. The number of Topliss-reactive ketones (excluding diaryl/α,β-unsaturated/α-hetero) is 1. The van der Waals surface area contributed by atoms with Gasteiger partial charge < -0.3 is 42.6 Å². The van der Waals surface area contributed by atoms with Crippen LogP contribution < -0.4 is 38.6 Å². The van der Waals surface area contributed by atoms with Crippen molar-refractivity contribution in [2.45, 2.75) is 111 Å². The molecule has 0 bridgehead atoms. The van der Waals surface area contributed by atoms with Crippen molar-refractivity contribution in [3.8, 4) is 12.3 Å². The first-order valence-electron chi connectivity index (χ1n) is 18.2. The maximum absolute atomic E-state index is 13.5. The first kappa shape index (κ1) is 47.8. The Balaban J connectivity index is 0.00000238. The molecule has 0 spiro atoms. The first-order chi connectivity index (χ1) is 25.3. The van der Waals surface area contributed by atoms with E-state index in [4.69, 9.17) is 22.8 Å². The van der Waals surface area contributed by atoms with Gasteiger partial charge in [-0.2, -0.15) is 0 Å². The molecule has 0 saturated carbocycles. The molecule has 6 amide bonds. The molecule has 0 radical (unpaired) electrons. The number of primary amides is 1. The predicted octanol–water partition coefficient (Wildman–Crippen LogP) is 1.67. The second-order valence-electron chi connectivity index (χ2n) is 12.7. The van der Waals surface area contributed by atoms with Gasteiger partial charge in [-0.1, -0.05) is 65.7 Å². The SMILES string of the molecule is C#CCNC(=O)NCCCCC(NC(=O)C1CC(N(N)/C(=C\N)C(C)C)CN1C(=O)CNC(=O)c1ccncc1)C(C)=O.CCCCCCC.NC=O. The molecule has 10 N–H and O–H groups in total. The number of hydrogen-bond donors (Lipinski definition) is 7. The van der Waals surface area contributed by atoms with E-state index < -0.39 is 35.8 Å². The monoisotopic (exact) mass is 742 g/mol. The highest BCUT2D eigenvalue weighted by molar-refractivity contribution is 5.97. The number of unbranched alkanes of at least 4 members (excludes halogenated alkanes) is 5. The summed E-state index contributed by atoms with van der Waals surface area (Å²) in [6.07, 6.45) is 18.4. The van der Waals surface area contributed by atoms with Gasteiger partial charge >= 0.3 is 6.03 Å². The van der Waals surface area contributed by atoms with Crippen LogP contribution in [0.5, 0.6) is 0 Å². The number of carbonyl (C=O) groups is 6. The zero-order chi connectivity index (χ0) is 40.2. The standard InChI is InChI=1S/C29H43N9O5.C7H16.CH3NO/c1-5-11-33-29(43)34-12-7-6-8-23(20(4)39)36-28(42)24-15-22(38(31)25(16-30)19(2)3)18-37(24)26(40)17-35-27(41)21-9-13-32-14-10-21;1-3-5-7-6-4-2;2-1-3/h1,9-10,13-14,16,19,22-24H,6-8,11-12,15,17-18,30-31H2,2-4H3,(H,35,41)(H,36,42)(H2,33,34,43);3-7H2,1-2H3;1H,(H2,2,3)/b25-16-;;. The molecule has 3 atom stereocenters. The molecule has 296 valence electrons. The topological polar surface area (TPSA) is 248 Å². The number of carbonyl (C=O) groups excluding carboxylic acids is 6. The quantitative estimate of drug-likeness (QED) is 0.0355. The van der Waals surface area contributed by atoms with E-state index in [-0.39, 0.29) is 50.2 Å². The molecule has 1 aromatic heterocycles. The van der Waals surface area contributed by atoms with E-state index in [0.29, 0.717) is 37.1 Å². The minimum absolute atomic E-state index is 0.00772. The van der Waals surface area contributed by atoms with E-state index in [2.05, 4.69) is 51.8 Å². The molecule has 16 heteroatoms. The smallest absolute Gasteiger partial charge is 0.315 e. The molecule has 1 aliphatic rings. The van der Waals surface area contributed by atoms with Crippen LogP contribution in [-0.4, -0.2) is 95.1 Å². The van der Waals surface area contributed by atoms with Crippen LogP contribution in [0.1, 0.15) is 103 Å². The lowest BCUT2D eigenvalue weighted by Gasteiger charge is -2.30. The number of nitrogens with two attached hydrogens (primary N) is 3. The second-order valence-corrected chi connectivity index (χ2v) is 12.7. The van der Waals surface area contributed by atoms with Crippen molar-refractivity contribution < 1.29 is 28.8 Å². The van der Waals surface area contributed by atoms with Gasteiger partial charge in [0.25, 0.3) is 5.91 Å². The summed E-state index contributed by atoms with van der Waals surface area (Å²) in [5, 5.41) is 12.0. The number of rotatable bonds is 19. The molecular formula is C37H62N10O6. The lowest BCUT2D eigenvalue weighted by molar-refractivity contribution is -0.138. The minimum atomic E-state index is -0.934. The Labute approximate surface area is 314 Å². The van der Waals surface area contributed by atoms with Gasteiger partial charge in [0.05, 0.1) is 25.2 Å². The average molecular weight is 743 g/mol. The van der Waals surface area contributed by atoms with Gasteiger partial charge in [-0.25, -0.2) is 10.6 Å². The summed E-state index contributed by atoms with van der Waals surface area (Å²) in [5.41, 5.74) is 11.0. The van der Waals surface area contributed by atoms with E-state index in [1.54, 1.807) is 0 Å². The molecule has 1 aromatic rings. The highest BCUT2D eigenvalue weighted by atomic mass is 16.2. The Bertz CT molecular complexity index is 1330.